The van der Waals surface area contributed by atoms with E-state index in [-0.39, 0.29) is 18.7 Å². The van der Waals surface area contributed by atoms with Crippen molar-refractivity contribution in [3.63, 3.8) is 0 Å². The van der Waals surface area contributed by atoms with Gasteiger partial charge in [0.25, 0.3) is 0 Å². The minimum absolute atomic E-state index is 0.0928. The van der Waals surface area contributed by atoms with Gasteiger partial charge in [0.2, 0.25) is 0 Å². The SMILES string of the molecule is CN1CCCC1C(F)(F)F.COCc1noc(N2CCC(C3CC3CCOc3ccc(CC=O)c(F)c3)CC2)n1. The van der Waals surface area contributed by atoms with Crippen LogP contribution in [0.15, 0.2) is 22.7 Å². The molecule has 2 aromatic rings. The van der Waals surface area contributed by atoms with E-state index in [9.17, 15) is 22.4 Å². The summed E-state index contributed by atoms with van der Waals surface area (Å²) in [6, 6.07) is 4.13. The van der Waals surface area contributed by atoms with Crippen molar-refractivity contribution >= 4 is 12.3 Å². The Balaban J connectivity index is 0.000000312. The van der Waals surface area contributed by atoms with E-state index in [2.05, 4.69) is 15.0 Å². The standard InChI is InChI=1S/C22H28FN3O4.C6H10F3N/c1-28-14-21-24-22(30-25-21)26-8-4-15(5-9-26)19-12-17(19)7-11-29-18-3-2-16(6-10-27)20(23)13-18;1-10-4-2-3-5(10)6(7,8)9/h2-3,10,13,15,17,19H,4-9,11-12,14H2,1H3;5H,2-4H2,1H3. The molecule has 2 aliphatic heterocycles. The number of carbonyl (C=O) groups excluding carboxylic acids is 1. The molecule has 3 aliphatic rings. The number of piperidine rings is 1. The van der Waals surface area contributed by atoms with Gasteiger partial charge < -0.3 is 23.7 Å². The summed E-state index contributed by atoms with van der Waals surface area (Å²) in [5.74, 6) is 2.90. The summed E-state index contributed by atoms with van der Waals surface area (Å²) in [6.07, 6.45) is 2.21. The van der Waals surface area contributed by atoms with Gasteiger partial charge in [-0.1, -0.05) is 11.2 Å². The van der Waals surface area contributed by atoms with Crippen LogP contribution in [0.5, 0.6) is 5.75 Å². The normalized spacial score (nSPS) is 23.6. The van der Waals surface area contributed by atoms with E-state index < -0.39 is 12.2 Å². The molecule has 0 bridgehead atoms. The molecule has 1 aromatic carbocycles. The molecule has 3 heterocycles. The van der Waals surface area contributed by atoms with Crippen LogP contribution in [0, 0.1) is 23.6 Å². The van der Waals surface area contributed by atoms with Crippen LogP contribution < -0.4 is 9.64 Å². The summed E-state index contributed by atoms with van der Waals surface area (Å²) in [5, 5.41) is 3.93. The topological polar surface area (TPSA) is 80.9 Å². The van der Waals surface area contributed by atoms with Crippen LogP contribution in [0.4, 0.5) is 23.6 Å². The van der Waals surface area contributed by atoms with E-state index in [4.69, 9.17) is 14.0 Å². The predicted octanol–water partition coefficient (Wildman–Crippen LogP) is 5.06. The lowest BCUT2D eigenvalue weighted by Gasteiger charge is -2.30. The molecule has 2 saturated heterocycles. The lowest BCUT2D eigenvalue weighted by molar-refractivity contribution is -0.172. The molecule has 0 amide bonds. The number of hydrogen-bond acceptors (Lipinski definition) is 8. The fourth-order valence-corrected chi connectivity index (χ4v) is 5.79. The number of methoxy groups -OCH3 is 1. The van der Waals surface area contributed by atoms with Crippen molar-refractivity contribution in [2.45, 2.75) is 63.8 Å². The summed E-state index contributed by atoms with van der Waals surface area (Å²) < 4.78 is 65.9. The Morgan fingerprint density at radius 2 is 1.95 bits per heavy atom. The fraction of sp³-hybridized carbons (Fsp3) is 0.679. The fourth-order valence-electron chi connectivity index (χ4n) is 5.79. The monoisotopic (exact) mass is 570 g/mol. The molecule has 3 unspecified atom stereocenters. The maximum Gasteiger partial charge on any atom is 0.404 e. The lowest BCUT2D eigenvalue weighted by atomic mass is 9.90. The van der Waals surface area contributed by atoms with Crippen LogP contribution >= 0.6 is 0 Å². The zero-order valence-electron chi connectivity index (χ0n) is 23.0. The number of nitrogens with zero attached hydrogens (tertiary/aromatic N) is 4. The van der Waals surface area contributed by atoms with Gasteiger partial charge in [-0.25, -0.2) is 4.39 Å². The number of carbonyl (C=O) groups is 1. The Labute approximate surface area is 232 Å². The number of alkyl halides is 3. The molecule has 1 aromatic heterocycles. The number of halogens is 4. The van der Waals surface area contributed by atoms with Gasteiger partial charge in [0, 0.05) is 32.7 Å². The zero-order valence-corrected chi connectivity index (χ0v) is 23.0. The third-order valence-electron chi connectivity index (χ3n) is 8.11. The first-order valence-electron chi connectivity index (χ1n) is 13.9. The summed E-state index contributed by atoms with van der Waals surface area (Å²) in [7, 11) is 3.13. The number of aldehydes is 1. The number of hydrogen-bond donors (Lipinski definition) is 0. The second-order valence-corrected chi connectivity index (χ2v) is 10.9. The van der Waals surface area contributed by atoms with Crippen molar-refractivity contribution < 1.29 is 36.4 Å². The van der Waals surface area contributed by atoms with Crippen LogP contribution in [0.2, 0.25) is 0 Å². The van der Waals surface area contributed by atoms with Gasteiger partial charge in [0.1, 0.15) is 30.5 Å². The first-order valence-corrected chi connectivity index (χ1v) is 13.9. The van der Waals surface area contributed by atoms with Gasteiger partial charge in [0.05, 0.1) is 6.61 Å². The first kappa shape index (κ1) is 30.2. The molecule has 5 rings (SSSR count). The third-order valence-corrected chi connectivity index (χ3v) is 8.11. The van der Waals surface area contributed by atoms with Crippen molar-refractivity contribution in [1.82, 2.24) is 15.0 Å². The lowest BCUT2D eigenvalue weighted by Crippen LogP contribution is -2.38. The van der Waals surface area contributed by atoms with E-state index >= 15 is 0 Å². The molecule has 40 heavy (non-hydrogen) atoms. The Bertz CT molecular complexity index is 1090. The molecule has 0 N–H and O–H groups in total. The third kappa shape index (κ3) is 8.15. The molecule has 12 heteroatoms. The van der Waals surface area contributed by atoms with Crippen molar-refractivity contribution in [1.29, 1.82) is 0 Å². The highest BCUT2D eigenvalue weighted by atomic mass is 19.4. The maximum absolute atomic E-state index is 13.9. The van der Waals surface area contributed by atoms with Crippen molar-refractivity contribution in [3.8, 4) is 5.75 Å². The quantitative estimate of drug-likeness (QED) is 0.290. The number of anilines is 1. The van der Waals surface area contributed by atoms with Crippen molar-refractivity contribution in [3.05, 3.63) is 35.4 Å². The minimum atomic E-state index is -4.02. The smallest absolute Gasteiger partial charge is 0.404 e. The van der Waals surface area contributed by atoms with Crippen LogP contribution in [0.25, 0.3) is 0 Å². The second-order valence-electron chi connectivity index (χ2n) is 10.9. The number of aromatic nitrogens is 2. The molecule has 222 valence electrons. The van der Waals surface area contributed by atoms with E-state index in [0.717, 1.165) is 44.2 Å². The van der Waals surface area contributed by atoms with Gasteiger partial charge in [-0.05, 0) is 81.5 Å². The molecular weight excluding hydrogens is 532 g/mol. The van der Waals surface area contributed by atoms with E-state index in [1.165, 1.54) is 24.4 Å². The summed E-state index contributed by atoms with van der Waals surface area (Å²) in [5.41, 5.74) is 0.404. The predicted molar refractivity (Wildman–Crippen MR) is 140 cm³/mol. The first-order chi connectivity index (χ1) is 19.2. The Kier molecular flexibility index (Phi) is 10.4. The van der Waals surface area contributed by atoms with Gasteiger partial charge in [-0.3, -0.25) is 4.90 Å². The van der Waals surface area contributed by atoms with Crippen LogP contribution in [0.1, 0.15) is 49.9 Å². The van der Waals surface area contributed by atoms with Crippen LogP contribution in [0.3, 0.4) is 0 Å². The molecular formula is C28H38F4N4O4. The average Bonchev–Trinajstić information content (AvgIpc) is 3.28. The van der Waals surface area contributed by atoms with Crippen molar-refractivity contribution in [2.24, 2.45) is 17.8 Å². The number of likely N-dealkylation sites (tertiary alicyclic amines) is 1. The summed E-state index contributed by atoms with van der Waals surface area (Å²) >= 11 is 0. The molecule has 0 radical (unpaired) electrons. The van der Waals surface area contributed by atoms with Gasteiger partial charge in [0.15, 0.2) is 5.82 Å². The van der Waals surface area contributed by atoms with Crippen molar-refractivity contribution in [2.75, 3.05) is 45.3 Å². The Hall–Kier alpha value is -2.73. The molecule has 3 fully saturated rings. The highest BCUT2D eigenvalue weighted by molar-refractivity contribution is 5.55. The number of ether oxygens (including phenoxy) is 2. The maximum atomic E-state index is 13.9. The molecule has 0 spiro atoms. The van der Waals surface area contributed by atoms with E-state index in [1.807, 2.05) is 0 Å². The van der Waals surface area contributed by atoms with Gasteiger partial charge in [-0.2, -0.15) is 18.2 Å². The minimum Gasteiger partial charge on any atom is -0.493 e. The Morgan fingerprint density at radius 1 is 1.18 bits per heavy atom. The molecule has 1 aliphatic carbocycles. The number of rotatable bonds is 10. The molecule has 3 atom stereocenters. The van der Waals surface area contributed by atoms with Gasteiger partial charge in [-0.15, -0.1) is 0 Å². The second kappa shape index (κ2) is 13.8. The average molecular weight is 571 g/mol. The summed E-state index contributed by atoms with van der Waals surface area (Å²) in [6.45, 7) is 3.40. The van der Waals surface area contributed by atoms with E-state index in [0.29, 0.717) is 61.5 Å². The zero-order chi connectivity index (χ0) is 28.7. The Morgan fingerprint density at radius 3 is 2.55 bits per heavy atom. The van der Waals surface area contributed by atoms with Crippen LogP contribution in [-0.4, -0.2) is 73.9 Å². The van der Waals surface area contributed by atoms with Crippen LogP contribution in [-0.2, 0) is 22.6 Å². The highest BCUT2D eigenvalue weighted by Gasteiger charge is 2.44. The van der Waals surface area contributed by atoms with E-state index in [1.54, 1.807) is 19.2 Å². The molecule has 8 nitrogen and oxygen atoms in total. The number of benzene rings is 1. The van der Waals surface area contributed by atoms with Gasteiger partial charge >= 0.3 is 12.2 Å². The summed E-state index contributed by atoms with van der Waals surface area (Å²) in [4.78, 5) is 18.4. The highest BCUT2D eigenvalue weighted by Crippen LogP contribution is 2.50. The largest absolute Gasteiger partial charge is 0.493 e. The molecule has 1 saturated carbocycles.